The lowest BCUT2D eigenvalue weighted by Crippen LogP contribution is -2.15. The summed E-state index contributed by atoms with van der Waals surface area (Å²) in [5.41, 5.74) is 0.744. The van der Waals surface area contributed by atoms with Gasteiger partial charge in [0.2, 0.25) is 0 Å². The molecule has 0 amide bonds. The maximum absolute atomic E-state index is 12.2. The van der Waals surface area contributed by atoms with Crippen LogP contribution in [0.15, 0.2) is 48.5 Å². The molecule has 36 heavy (non-hydrogen) atoms. The van der Waals surface area contributed by atoms with Gasteiger partial charge in [-0.25, -0.2) is 9.59 Å². The van der Waals surface area contributed by atoms with Crippen LogP contribution in [-0.2, 0) is 4.74 Å². The average Bonchev–Trinajstić information content (AvgIpc) is 2.86. The number of phenolic OH excluding ortho intramolecular Hbond substituents is 1. The Kier molecular flexibility index (Phi) is 16.5. The van der Waals surface area contributed by atoms with Crippen molar-refractivity contribution in [3.63, 3.8) is 0 Å². The van der Waals surface area contributed by atoms with Gasteiger partial charge in [-0.15, -0.1) is 0 Å². The Bertz CT molecular complexity index is 1090. The zero-order chi connectivity index (χ0) is 25.9. The minimum absolute atomic E-state index is 0. The molecule has 0 heterocycles. The summed E-state index contributed by atoms with van der Waals surface area (Å²) < 4.78 is 10.7. The predicted octanol–water partition coefficient (Wildman–Crippen LogP) is 5.42. The maximum Gasteiger partial charge on any atom is 0.343 e. The van der Waals surface area contributed by atoms with Crippen LogP contribution in [0.25, 0.3) is 0 Å². The lowest BCUT2D eigenvalue weighted by Gasteiger charge is -2.13. The lowest BCUT2D eigenvalue weighted by molar-refractivity contribution is 0.0319. The van der Waals surface area contributed by atoms with Crippen molar-refractivity contribution in [2.45, 2.75) is 59.5 Å². The topological polar surface area (TPSA) is 113 Å². The van der Waals surface area contributed by atoms with E-state index in [0.717, 1.165) is 19.3 Å². The fourth-order valence-corrected chi connectivity index (χ4v) is 2.71. The van der Waals surface area contributed by atoms with Gasteiger partial charge in [0.05, 0.1) is 17.2 Å². The van der Waals surface area contributed by atoms with Gasteiger partial charge in [-0.05, 0) is 68.3 Å². The van der Waals surface area contributed by atoms with E-state index in [1.54, 1.807) is 36.5 Å². The molecule has 2 aromatic carbocycles. The van der Waals surface area contributed by atoms with Crippen molar-refractivity contribution in [3.05, 3.63) is 59.7 Å². The molecule has 0 fully saturated rings. The molecule has 0 aliphatic carbocycles. The third kappa shape index (κ3) is 13.2. The summed E-state index contributed by atoms with van der Waals surface area (Å²) in [5, 5.41) is 24.8. The van der Waals surface area contributed by atoms with Crippen LogP contribution in [0.1, 0.15) is 74.1 Å². The highest BCUT2D eigenvalue weighted by Gasteiger charge is 2.13. The summed E-state index contributed by atoms with van der Waals surface area (Å²) in [5.74, 6) is 7.80. The minimum Gasteiger partial charge on any atom is -0.508 e. The molecule has 1 atom stereocenters. The molecule has 0 aromatic heterocycles. The van der Waals surface area contributed by atoms with Crippen LogP contribution in [0.5, 0.6) is 11.5 Å². The first-order valence-electron chi connectivity index (χ1n) is 11.0. The Balaban J connectivity index is 0.00000118. The number of hydrogen-bond acceptors (Lipinski definition) is 7. The van der Waals surface area contributed by atoms with E-state index in [4.69, 9.17) is 19.7 Å². The molecule has 0 bridgehead atoms. The van der Waals surface area contributed by atoms with Crippen molar-refractivity contribution in [2.75, 3.05) is 0 Å². The largest absolute Gasteiger partial charge is 0.508 e. The molecular weight excluding hydrogens is 460 g/mol. The van der Waals surface area contributed by atoms with E-state index in [0.29, 0.717) is 16.9 Å². The second kappa shape index (κ2) is 18.8. The maximum atomic E-state index is 12.2. The molecule has 7 heteroatoms. The zero-order valence-corrected chi connectivity index (χ0v) is 19.7. The van der Waals surface area contributed by atoms with Gasteiger partial charge in [-0.1, -0.05) is 33.6 Å². The molecule has 3 N–H and O–H groups in total. The normalized spacial score (nSPS) is 9.50. The standard InChI is InChI=1S/C22H26O5.C6H2O2.CH4/c1-3-4-5-6-7-16(2)26-21(24)18-10-14-20(15-11-18)27-22(25)17-8-12-19(23)13-9-17;7-5-3-1-2-4-6-8;/h8-16,23H,3-7H2,1-2H3;7-8H;1H4. The molecule has 0 radical (unpaired) electrons. The fourth-order valence-electron chi connectivity index (χ4n) is 2.71. The number of phenols is 1. The van der Waals surface area contributed by atoms with Gasteiger partial charge in [0.15, 0.2) is 0 Å². The Hall–Kier alpha value is -4.54. The van der Waals surface area contributed by atoms with Gasteiger partial charge in [0.25, 0.3) is 0 Å². The summed E-state index contributed by atoms with van der Waals surface area (Å²) in [7, 11) is 0. The summed E-state index contributed by atoms with van der Waals surface area (Å²) in [4.78, 5) is 24.2. The third-order valence-corrected chi connectivity index (χ3v) is 4.48. The third-order valence-electron chi connectivity index (χ3n) is 4.48. The monoisotopic (exact) mass is 492 g/mol. The number of rotatable bonds is 9. The second-order valence-electron chi connectivity index (χ2n) is 7.25. The molecule has 7 nitrogen and oxygen atoms in total. The molecule has 0 saturated heterocycles. The lowest BCUT2D eigenvalue weighted by atomic mass is 10.1. The van der Waals surface area contributed by atoms with Crippen LogP contribution < -0.4 is 4.74 Å². The molecule has 0 saturated carbocycles. The number of esters is 2. The molecule has 0 aliphatic rings. The van der Waals surface area contributed by atoms with Crippen LogP contribution in [0.3, 0.4) is 0 Å². The Morgan fingerprint density at radius 1 is 0.806 bits per heavy atom. The molecule has 0 spiro atoms. The highest BCUT2D eigenvalue weighted by Crippen LogP contribution is 2.17. The Labute approximate surface area is 213 Å². The Morgan fingerprint density at radius 3 is 1.86 bits per heavy atom. The number of carbonyl (C=O) groups is 2. The number of aliphatic hydroxyl groups is 2. The smallest absolute Gasteiger partial charge is 0.343 e. The number of benzene rings is 2. The van der Waals surface area contributed by atoms with Gasteiger partial charge in [0.1, 0.15) is 23.7 Å². The number of aromatic hydroxyl groups is 1. The predicted molar refractivity (Wildman–Crippen MR) is 137 cm³/mol. The van der Waals surface area contributed by atoms with E-state index >= 15 is 0 Å². The fraction of sp³-hybridized carbons (Fsp3) is 0.310. The van der Waals surface area contributed by atoms with Gasteiger partial charge in [-0.3, -0.25) is 0 Å². The Morgan fingerprint density at radius 2 is 1.33 bits per heavy atom. The molecule has 190 valence electrons. The highest BCUT2D eigenvalue weighted by molar-refractivity contribution is 5.92. The van der Waals surface area contributed by atoms with E-state index in [9.17, 15) is 14.7 Å². The number of hydrogen-bond donors (Lipinski definition) is 3. The van der Waals surface area contributed by atoms with Crippen molar-refractivity contribution in [1.82, 2.24) is 0 Å². The van der Waals surface area contributed by atoms with Crippen LogP contribution >= 0.6 is 0 Å². The van der Waals surface area contributed by atoms with Crippen molar-refractivity contribution in [1.29, 1.82) is 0 Å². The average molecular weight is 493 g/mol. The van der Waals surface area contributed by atoms with E-state index in [2.05, 4.69) is 18.8 Å². The zero-order valence-electron chi connectivity index (χ0n) is 19.7. The molecular formula is C29H32O7. The molecule has 0 aliphatic heterocycles. The SMILES string of the molecule is C.CCCCCCC(C)OC(=O)c1ccc(OC(=O)c2ccc(O)cc2)cc1.OC#CC#CC#CO. The van der Waals surface area contributed by atoms with Crippen molar-refractivity contribution < 1.29 is 34.4 Å². The van der Waals surface area contributed by atoms with E-state index in [1.165, 1.54) is 37.1 Å². The van der Waals surface area contributed by atoms with Crippen LogP contribution in [-0.4, -0.2) is 33.4 Å². The molecule has 2 aromatic rings. The summed E-state index contributed by atoms with van der Waals surface area (Å²) in [6.45, 7) is 4.06. The molecule has 1 unspecified atom stereocenters. The summed E-state index contributed by atoms with van der Waals surface area (Å²) >= 11 is 0. The quantitative estimate of drug-likeness (QED) is 0.185. The summed E-state index contributed by atoms with van der Waals surface area (Å²) in [6, 6.07) is 12.0. The number of aliphatic hydroxyl groups excluding tert-OH is 2. The van der Waals surface area contributed by atoms with Crippen molar-refractivity contribution >= 4 is 11.9 Å². The van der Waals surface area contributed by atoms with Crippen molar-refractivity contribution in [2.24, 2.45) is 0 Å². The highest BCUT2D eigenvalue weighted by atomic mass is 16.5. The van der Waals surface area contributed by atoms with E-state index < -0.39 is 5.97 Å². The first-order chi connectivity index (χ1) is 16.9. The first kappa shape index (κ1) is 31.5. The van der Waals surface area contributed by atoms with Crippen LogP contribution in [0.4, 0.5) is 0 Å². The van der Waals surface area contributed by atoms with Gasteiger partial charge in [-0.2, -0.15) is 0 Å². The molecule has 2 rings (SSSR count). The van der Waals surface area contributed by atoms with Crippen molar-refractivity contribution in [3.8, 4) is 47.4 Å². The summed E-state index contributed by atoms with van der Waals surface area (Å²) in [6.07, 6.45) is 8.42. The van der Waals surface area contributed by atoms with Gasteiger partial charge in [0, 0.05) is 23.7 Å². The van der Waals surface area contributed by atoms with Crippen LogP contribution in [0, 0.1) is 35.9 Å². The number of unbranched alkanes of at least 4 members (excludes halogenated alkanes) is 3. The van der Waals surface area contributed by atoms with E-state index in [1.807, 2.05) is 18.8 Å². The number of carbonyl (C=O) groups excluding carboxylic acids is 2. The second-order valence-corrected chi connectivity index (χ2v) is 7.25. The van der Waals surface area contributed by atoms with Gasteiger partial charge >= 0.3 is 11.9 Å². The minimum atomic E-state index is -0.536. The number of ether oxygens (including phenoxy) is 2. The van der Waals surface area contributed by atoms with Gasteiger partial charge < -0.3 is 24.8 Å². The van der Waals surface area contributed by atoms with Crippen LogP contribution in [0.2, 0.25) is 0 Å². The first-order valence-corrected chi connectivity index (χ1v) is 11.0. The van der Waals surface area contributed by atoms with E-state index in [-0.39, 0.29) is 25.2 Å².